The van der Waals surface area contributed by atoms with Crippen LogP contribution in [0.3, 0.4) is 0 Å². The zero-order chi connectivity index (χ0) is 26.6. The molecule has 200 valence electrons. The van der Waals surface area contributed by atoms with Gasteiger partial charge in [-0.2, -0.15) is 0 Å². The number of fused-ring (bicyclic) bond motifs is 4. The third kappa shape index (κ3) is 5.15. The highest BCUT2D eigenvalue weighted by Gasteiger charge is 2.23. The van der Waals surface area contributed by atoms with E-state index in [-0.39, 0.29) is 0 Å². The summed E-state index contributed by atoms with van der Waals surface area (Å²) in [7, 11) is 0. The van der Waals surface area contributed by atoms with Crippen molar-refractivity contribution in [3.8, 4) is 11.4 Å². The van der Waals surface area contributed by atoms with Crippen LogP contribution in [0.5, 0.6) is 5.75 Å². The number of nitrogens with zero attached hydrogens (tertiary/aromatic N) is 2. The van der Waals surface area contributed by atoms with E-state index < -0.39 is 0 Å². The minimum absolute atomic E-state index is 0.804. The fourth-order valence-electron chi connectivity index (χ4n) is 6.19. The standard InChI is InChI=1S/C36H40N2O/c1-3-4-5-6-7-8-14-23-39-36-26-35-28(24-27(36)2)21-22-37(35)30-19-20-34-32(25-30)31-17-12-13-18-33(31)38(34)29-15-10-9-11-16-29/h9-13,15-20,24-26H,3-8,14,21-23H2,1-2H3. The maximum Gasteiger partial charge on any atom is 0.124 e. The predicted octanol–water partition coefficient (Wildman–Crippen LogP) is 9.92. The fraction of sp³-hybridized carbons (Fsp3) is 0.333. The SMILES string of the molecule is CCCCCCCCCOc1cc2c(cc1C)CCN2c1ccc2c(c1)c1ccccc1n2-c1ccccc1. The van der Waals surface area contributed by atoms with Crippen LogP contribution >= 0.6 is 0 Å². The first-order valence-corrected chi connectivity index (χ1v) is 14.9. The molecule has 0 saturated heterocycles. The first-order chi connectivity index (χ1) is 19.2. The van der Waals surface area contributed by atoms with Gasteiger partial charge in [0.1, 0.15) is 5.75 Å². The lowest BCUT2D eigenvalue weighted by molar-refractivity contribution is 0.302. The van der Waals surface area contributed by atoms with Crippen molar-refractivity contribution in [2.24, 2.45) is 0 Å². The summed E-state index contributed by atoms with van der Waals surface area (Å²) in [4.78, 5) is 2.48. The number of hydrogen-bond acceptors (Lipinski definition) is 2. The van der Waals surface area contributed by atoms with Crippen LogP contribution in [-0.4, -0.2) is 17.7 Å². The molecule has 0 aliphatic carbocycles. The second kappa shape index (κ2) is 11.6. The number of aromatic nitrogens is 1. The summed E-state index contributed by atoms with van der Waals surface area (Å²) in [5.41, 5.74) is 8.90. The van der Waals surface area contributed by atoms with Crippen LogP contribution in [0.4, 0.5) is 11.4 Å². The van der Waals surface area contributed by atoms with E-state index in [1.807, 2.05) is 0 Å². The highest BCUT2D eigenvalue weighted by molar-refractivity contribution is 6.10. The Bertz CT molecular complexity index is 1570. The van der Waals surface area contributed by atoms with Crippen LogP contribution in [-0.2, 0) is 6.42 Å². The Hall–Kier alpha value is -3.72. The van der Waals surface area contributed by atoms with Crippen molar-refractivity contribution in [1.82, 2.24) is 4.57 Å². The number of anilines is 2. The molecule has 4 aromatic carbocycles. The third-order valence-electron chi connectivity index (χ3n) is 8.26. The highest BCUT2D eigenvalue weighted by atomic mass is 16.5. The number of unbranched alkanes of at least 4 members (excludes halogenated alkanes) is 6. The van der Waals surface area contributed by atoms with Gasteiger partial charge in [-0.15, -0.1) is 0 Å². The topological polar surface area (TPSA) is 17.4 Å². The van der Waals surface area contributed by atoms with Gasteiger partial charge in [-0.1, -0.05) is 87.9 Å². The predicted molar refractivity (Wildman–Crippen MR) is 166 cm³/mol. The van der Waals surface area contributed by atoms with Crippen LogP contribution in [0, 0.1) is 6.92 Å². The summed E-state index contributed by atoms with van der Waals surface area (Å²) < 4.78 is 8.70. The smallest absolute Gasteiger partial charge is 0.124 e. The van der Waals surface area contributed by atoms with Gasteiger partial charge in [-0.25, -0.2) is 0 Å². The summed E-state index contributed by atoms with van der Waals surface area (Å²) in [6.45, 7) is 6.27. The fourth-order valence-corrected chi connectivity index (χ4v) is 6.19. The molecule has 2 heterocycles. The van der Waals surface area contributed by atoms with Crippen molar-refractivity contribution in [1.29, 1.82) is 0 Å². The molecule has 0 N–H and O–H groups in total. The largest absolute Gasteiger partial charge is 0.493 e. The number of aryl methyl sites for hydroxylation is 1. The van der Waals surface area contributed by atoms with Gasteiger partial charge in [0.05, 0.1) is 17.6 Å². The molecule has 1 aromatic heterocycles. The van der Waals surface area contributed by atoms with Crippen molar-refractivity contribution in [3.05, 3.63) is 96.1 Å². The number of ether oxygens (including phenoxy) is 1. The molecule has 6 rings (SSSR count). The molecule has 1 aliphatic rings. The Morgan fingerprint density at radius 3 is 2.28 bits per heavy atom. The summed E-state index contributed by atoms with van der Waals surface area (Å²) in [5, 5.41) is 2.59. The van der Waals surface area contributed by atoms with Crippen LogP contribution in [0.2, 0.25) is 0 Å². The molecule has 0 atom stereocenters. The van der Waals surface area contributed by atoms with Gasteiger partial charge >= 0.3 is 0 Å². The van der Waals surface area contributed by atoms with Gasteiger partial charge in [0.2, 0.25) is 0 Å². The molecule has 5 aromatic rings. The summed E-state index contributed by atoms with van der Waals surface area (Å²) >= 11 is 0. The van der Waals surface area contributed by atoms with Crippen LogP contribution in [0.1, 0.15) is 63.0 Å². The maximum atomic E-state index is 6.32. The molecule has 0 bridgehead atoms. The zero-order valence-corrected chi connectivity index (χ0v) is 23.5. The Labute approximate surface area is 233 Å². The molecule has 3 heteroatoms. The minimum atomic E-state index is 0.804. The monoisotopic (exact) mass is 516 g/mol. The third-order valence-corrected chi connectivity index (χ3v) is 8.26. The van der Waals surface area contributed by atoms with Crippen LogP contribution in [0.25, 0.3) is 27.5 Å². The minimum Gasteiger partial charge on any atom is -0.493 e. The molecule has 0 saturated carbocycles. The molecule has 0 unspecified atom stereocenters. The number of rotatable bonds is 11. The lowest BCUT2D eigenvalue weighted by Crippen LogP contribution is -2.13. The second-order valence-corrected chi connectivity index (χ2v) is 11.0. The quantitative estimate of drug-likeness (QED) is 0.163. The second-order valence-electron chi connectivity index (χ2n) is 11.0. The Morgan fingerprint density at radius 2 is 1.44 bits per heavy atom. The van der Waals surface area contributed by atoms with Crippen molar-refractivity contribution >= 4 is 33.2 Å². The van der Waals surface area contributed by atoms with E-state index in [9.17, 15) is 0 Å². The van der Waals surface area contributed by atoms with Gasteiger partial charge in [0.15, 0.2) is 0 Å². The van der Waals surface area contributed by atoms with E-state index >= 15 is 0 Å². The molecule has 1 aliphatic heterocycles. The van der Waals surface area contributed by atoms with E-state index in [0.29, 0.717) is 0 Å². The van der Waals surface area contributed by atoms with E-state index in [0.717, 1.165) is 31.7 Å². The normalized spacial score (nSPS) is 12.9. The molecule has 0 spiro atoms. The van der Waals surface area contributed by atoms with E-state index in [2.05, 4.69) is 108 Å². The molecular weight excluding hydrogens is 476 g/mol. The Kier molecular flexibility index (Phi) is 7.58. The van der Waals surface area contributed by atoms with Crippen molar-refractivity contribution in [2.45, 2.75) is 65.2 Å². The average molecular weight is 517 g/mol. The van der Waals surface area contributed by atoms with Crippen LogP contribution < -0.4 is 9.64 Å². The van der Waals surface area contributed by atoms with Crippen molar-refractivity contribution in [3.63, 3.8) is 0 Å². The summed E-state index contributed by atoms with van der Waals surface area (Å²) in [5.74, 6) is 1.04. The first-order valence-electron chi connectivity index (χ1n) is 14.9. The first kappa shape index (κ1) is 25.6. The van der Waals surface area contributed by atoms with E-state index in [1.165, 1.54) is 88.5 Å². The van der Waals surface area contributed by atoms with Crippen molar-refractivity contribution in [2.75, 3.05) is 18.1 Å². The molecule has 0 amide bonds. The Balaban J connectivity index is 1.26. The van der Waals surface area contributed by atoms with Gasteiger partial charge in [0, 0.05) is 40.4 Å². The average Bonchev–Trinajstić information content (AvgIpc) is 3.53. The van der Waals surface area contributed by atoms with Crippen molar-refractivity contribution < 1.29 is 4.74 Å². The molecule has 39 heavy (non-hydrogen) atoms. The molecule has 0 fully saturated rings. The molecule has 3 nitrogen and oxygen atoms in total. The van der Waals surface area contributed by atoms with E-state index in [1.54, 1.807) is 0 Å². The highest BCUT2D eigenvalue weighted by Crippen LogP contribution is 2.41. The number of hydrogen-bond donors (Lipinski definition) is 0. The van der Waals surface area contributed by atoms with Gasteiger partial charge in [0.25, 0.3) is 0 Å². The summed E-state index contributed by atoms with van der Waals surface area (Å²) in [6, 6.07) is 31.0. The van der Waals surface area contributed by atoms with Gasteiger partial charge < -0.3 is 14.2 Å². The lowest BCUT2D eigenvalue weighted by atomic mass is 10.1. The van der Waals surface area contributed by atoms with Crippen LogP contribution in [0.15, 0.2) is 84.9 Å². The maximum absolute atomic E-state index is 6.32. The lowest BCUT2D eigenvalue weighted by Gasteiger charge is -2.21. The number of benzene rings is 4. The van der Waals surface area contributed by atoms with Gasteiger partial charge in [-0.3, -0.25) is 0 Å². The Morgan fingerprint density at radius 1 is 0.692 bits per heavy atom. The molecule has 0 radical (unpaired) electrons. The van der Waals surface area contributed by atoms with Gasteiger partial charge in [-0.05, 0) is 67.3 Å². The molecular formula is C36H40N2O. The summed E-state index contributed by atoms with van der Waals surface area (Å²) in [6.07, 6.45) is 10.2. The van der Waals surface area contributed by atoms with E-state index in [4.69, 9.17) is 4.74 Å². The number of para-hydroxylation sites is 2. The zero-order valence-electron chi connectivity index (χ0n) is 23.5.